The van der Waals surface area contributed by atoms with Gasteiger partial charge in [-0.25, -0.2) is 9.97 Å². The van der Waals surface area contributed by atoms with E-state index in [9.17, 15) is 0 Å². The first-order chi connectivity index (χ1) is 12.3. The predicted molar refractivity (Wildman–Crippen MR) is 103 cm³/mol. The molecule has 0 radical (unpaired) electrons. The topological polar surface area (TPSA) is 39.9 Å². The Labute approximate surface area is 150 Å². The van der Waals surface area contributed by atoms with Crippen molar-refractivity contribution in [3.63, 3.8) is 0 Å². The summed E-state index contributed by atoms with van der Waals surface area (Å²) in [4.78, 5) is 8.86. The molecule has 25 heavy (non-hydrogen) atoms. The number of nitrogens with zero attached hydrogens (tertiary/aromatic N) is 3. The highest BCUT2D eigenvalue weighted by Crippen LogP contribution is 2.23. The molecule has 2 aromatic heterocycles. The third kappa shape index (κ3) is 3.61. The second kappa shape index (κ2) is 6.91. The van der Waals surface area contributed by atoms with Crippen molar-refractivity contribution in [2.75, 3.05) is 0 Å². The molecule has 2 aromatic carbocycles. The molecule has 0 spiro atoms. The summed E-state index contributed by atoms with van der Waals surface area (Å²) in [7, 11) is 1.96. The van der Waals surface area contributed by atoms with Crippen molar-refractivity contribution >= 4 is 33.7 Å². The molecule has 5 heteroatoms. The highest BCUT2D eigenvalue weighted by Gasteiger charge is 2.01. The summed E-state index contributed by atoms with van der Waals surface area (Å²) in [5, 5.41) is 1.01. The summed E-state index contributed by atoms with van der Waals surface area (Å²) < 4.78 is 8.93. The smallest absolute Gasteiger partial charge is 0.146 e. The maximum atomic E-state index is 5.77. The molecule has 0 N–H and O–H groups in total. The lowest BCUT2D eigenvalue weighted by molar-refractivity contribution is 0.292. The summed E-state index contributed by atoms with van der Waals surface area (Å²) in [5.41, 5.74) is 2.16. The lowest BCUT2D eigenvalue weighted by Crippen LogP contribution is -2.02. The molecule has 0 saturated carbocycles. The minimum atomic E-state index is 0.463. The molecule has 0 atom stereocenters. The van der Waals surface area contributed by atoms with Gasteiger partial charge in [-0.3, -0.25) is 0 Å². The van der Waals surface area contributed by atoms with Crippen molar-refractivity contribution in [3.8, 4) is 5.75 Å². The van der Waals surface area contributed by atoms with Crippen LogP contribution in [0.3, 0.4) is 0 Å². The molecule has 4 rings (SSSR count). The molecule has 4 aromatic rings. The van der Waals surface area contributed by atoms with Crippen LogP contribution in [0.15, 0.2) is 60.9 Å². The Morgan fingerprint density at radius 3 is 2.68 bits per heavy atom. The normalized spacial score (nSPS) is 11.4. The molecule has 0 aliphatic heterocycles. The van der Waals surface area contributed by atoms with Gasteiger partial charge in [-0.15, -0.1) is 11.3 Å². The summed E-state index contributed by atoms with van der Waals surface area (Å²) in [5.74, 6) is 1.74. The van der Waals surface area contributed by atoms with Gasteiger partial charge in [0.15, 0.2) is 0 Å². The van der Waals surface area contributed by atoms with Crippen molar-refractivity contribution in [3.05, 3.63) is 77.3 Å². The van der Waals surface area contributed by atoms with Gasteiger partial charge in [-0.1, -0.05) is 30.3 Å². The van der Waals surface area contributed by atoms with Gasteiger partial charge in [0.25, 0.3) is 0 Å². The van der Waals surface area contributed by atoms with E-state index >= 15 is 0 Å². The number of aryl methyl sites for hydroxylation is 1. The largest absolute Gasteiger partial charge is 0.486 e. The first-order valence-electron chi connectivity index (χ1n) is 8.01. The van der Waals surface area contributed by atoms with E-state index in [-0.39, 0.29) is 0 Å². The number of thiazole rings is 1. The van der Waals surface area contributed by atoms with E-state index in [2.05, 4.69) is 28.2 Å². The van der Waals surface area contributed by atoms with Crippen LogP contribution in [0.2, 0.25) is 0 Å². The van der Waals surface area contributed by atoms with Gasteiger partial charge in [0.05, 0.1) is 10.2 Å². The predicted octanol–water partition coefficient (Wildman–Crippen LogP) is 4.78. The van der Waals surface area contributed by atoms with Crippen LogP contribution in [0.25, 0.3) is 22.4 Å². The van der Waals surface area contributed by atoms with E-state index in [1.165, 1.54) is 4.70 Å². The second-order valence-electron chi connectivity index (χ2n) is 5.67. The number of benzene rings is 2. The quantitative estimate of drug-likeness (QED) is 0.522. The fourth-order valence-corrected chi connectivity index (χ4v) is 3.36. The van der Waals surface area contributed by atoms with E-state index in [0.717, 1.165) is 27.7 Å². The number of ether oxygens (including phenoxy) is 1. The summed E-state index contributed by atoms with van der Waals surface area (Å²) in [6.45, 7) is 0.463. The zero-order valence-corrected chi connectivity index (χ0v) is 14.6. The lowest BCUT2D eigenvalue weighted by Gasteiger charge is -2.06. The van der Waals surface area contributed by atoms with Gasteiger partial charge in [0.2, 0.25) is 0 Å². The highest BCUT2D eigenvalue weighted by molar-refractivity contribution is 7.19. The molecular weight excluding hydrogens is 330 g/mol. The number of hydrogen-bond acceptors (Lipinski definition) is 4. The van der Waals surface area contributed by atoms with Gasteiger partial charge in [-0.2, -0.15) is 0 Å². The Kier molecular flexibility index (Phi) is 4.31. The van der Waals surface area contributed by atoms with Gasteiger partial charge >= 0.3 is 0 Å². The number of rotatable bonds is 5. The molecule has 0 aliphatic carbocycles. The number of aromatic nitrogens is 3. The molecule has 0 aliphatic rings. The molecular formula is C20H17N3OS. The molecule has 0 fully saturated rings. The average Bonchev–Trinajstić information content (AvgIpc) is 3.24. The molecule has 0 bridgehead atoms. The summed E-state index contributed by atoms with van der Waals surface area (Å²) >= 11 is 1.70. The maximum Gasteiger partial charge on any atom is 0.146 e. The van der Waals surface area contributed by atoms with Crippen LogP contribution in [-0.2, 0) is 13.7 Å². The molecule has 0 saturated heterocycles. The number of hydrogen-bond donors (Lipinski definition) is 0. The van der Waals surface area contributed by atoms with Crippen LogP contribution in [0, 0.1) is 0 Å². The minimum absolute atomic E-state index is 0.463. The van der Waals surface area contributed by atoms with Gasteiger partial charge < -0.3 is 9.30 Å². The van der Waals surface area contributed by atoms with Crippen molar-refractivity contribution < 1.29 is 4.74 Å². The number of fused-ring (bicyclic) bond motifs is 1. The van der Waals surface area contributed by atoms with Crippen molar-refractivity contribution in [2.24, 2.45) is 7.05 Å². The minimum Gasteiger partial charge on any atom is -0.486 e. The second-order valence-corrected chi connectivity index (χ2v) is 6.73. The van der Waals surface area contributed by atoms with E-state index in [1.807, 2.05) is 60.3 Å². The standard InChI is InChI=1S/C20H17N3OS/c1-23-13-12-21-19(23)14-24-16-9-6-15(7-10-16)8-11-20-22-17-4-2-3-5-18(17)25-20/h2-13H,14H2,1H3/b11-8+. The van der Waals surface area contributed by atoms with Crippen molar-refractivity contribution in [1.29, 1.82) is 0 Å². The van der Waals surface area contributed by atoms with E-state index in [1.54, 1.807) is 17.5 Å². The van der Waals surface area contributed by atoms with Crippen molar-refractivity contribution in [1.82, 2.24) is 14.5 Å². The number of para-hydroxylation sites is 1. The van der Waals surface area contributed by atoms with Crippen LogP contribution >= 0.6 is 11.3 Å². The molecule has 124 valence electrons. The van der Waals surface area contributed by atoms with Crippen LogP contribution in [0.5, 0.6) is 5.75 Å². The SMILES string of the molecule is Cn1ccnc1COc1ccc(/C=C/c2nc3ccccc3s2)cc1. The third-order valence-corrected chi connectivity index (χ3v) is 4.90. The van der Waals surface area contributed by atoms with Crippen LogP contribution < -0.4 is 4.74 Å². The first kappa shape index (κ1) is 15.6. The van der Waals surface area contributed by atoms with Gasteiger partial charge in [0, 0.05) is 19.4 Å². The average molecular weight is 347 g/mol. The van der Waals surface area contributed by atoms with E-state index < -0.39 is 0 Å². The van der Waals surface area contributed by atoms with Crippen LogP contribution in [0.4, 0.5) is 0 Å². The monoisotopic (exact) mass is 347 g/mol. The van der Waals surface area contributed by atoms with Gasteiger partial charge in [-0.05, 0) is 35.9 Å². The molecule has 0 amide bonds. The van der Waals surface area contributed by atoms with E-state index in [0.29, 0.717) is 6.61 Å². The summed E-state index contributed by atoms with van der Waals surface area (Å²) in [6, 6.07) is 16.2. The Morgan fingerprint density at radius 1 is 1.08 bits per heavy atom. The Bertz CT molecular complexity index is 982. The first-order valence-corrected chi connectivity index (χ1v) is 8.82. The van der Waals surface area contributed by atoms with Crippen molar-refractivity contribution in [2.45, 2.75) is 6.61 Å². The Morgan fingerprint density at radius 2 is 1.92 bits per heavy atom. The molecule has 2 heterocycles. The fourth-order valence-electron chi connectivity index (χ4n) is 2.49. The molecule has 4 nitrogen and oxygen atoms in total. The van der Waals surface area contributed by atoms with Gasteiger partial charge in [0.1, 0.15) is 23.2 Å². The molecule has 0 unspecified atom stereocenters. The summed E-state index contributed by atoms with van der Waals surface area (Å²) in [6.07, 6.45) is 7.80. The third-order valence-electron chi connectivity index (χ3n) is 3.90. The van der Waals surface area contributed by atoms with Crippen LogP contribution in [0.1, 0.15) is 16.4 Å². The Balaban J connectivity index is 1.42. The van der Waals surface area contributed by atoms with E-state index in [4.69, 9.17) is 4.74 Å². The zero-order chi connectivity index (χ0) is 17.1. The Hall–Kier alpha value is -2.92. The maximum absolute atomic E-state index is 5.77. The highest BCUT2D eigenvalue weighted by atomic mass is 32.1. The van der Waals surface area contributed by atoms with Crippen LogP contribution in [-0.4, -0.2) is 14.5 Å². The fraction of sp³-hybridized carbons (Fsp3) is 0.100. The lowest BCUT2D eigenvalue weighted by atomic mass is 10.2. The zero-order valence-electron chi connectivity index (χ0n) is 13.8. The number of imidazole rings is 1.